The number of methoxy groups -OCH3 is 1. The maximum absolute atomic E-state index is 11.6. The number of aryl methyl sites for hydroxylation is 1. The number of ether oxygens (including phenoxy) is 1. The van der Waals surface area contributed by atoms with Crippen molar-refractivity contribution in [3.63, 3.8) is 0 Å². The number of esters is 1. The minimum Gasteiger partial charge on any atom is -0.502 e. The fraction of sp³-hybridized carbons (Fsp3) is 0.571. The summed E-state index contributed by atoms with van der Waals surface area (Å²) in [4.78, 5) is 23.0. The highest BCUT2D eigenvalue weighted by molar-refractivity contribution is 5.70. The van der Waals surface area contributed by atoms with Crippen molar-refractivity contribution in [2.24, 2.45) is 5.92 Å². The van der Waals surface area contributed by atoms with Gasteiger partial charge in [0.1, 0.15) is 5.76 Å². The van der Waals surface area contributed by atoms with E-state index in [0.29, 0.717) is 18.1 Å². The third-order valence-corrected chi connectivity index (χ3v) is 2.84. The van der Waals surface area contributed by atoms with Gasteiger partial charge < -0.3 is 14.3 Å². The Hall–Kier alpha value is -1.78. The topological polar surface area (TPSA) is 76.7 Å². The molecule has 0 aliphatic carbocycles. The van der Waals surface area contributed by atoms with Gasteiger partial charge in [0.15, 0.2) is 5.76 Å². The zero-order valence-corrected chi connectivity index (χ0v) is 11.7. The number of carbonyl (C=O) groups excluding carboxylic acids is 1. The van der Waals surface area contributed by atoms with E-state index in [0.717, 1.165) is 0 Å². The Bertz CT molecular complexity index is 501. The summed E-state index contributed by atoms with van der Waals surface area (Å²) in [6, 6.07) is 1.23. The van der Waals surface area contributed by atoms with Crippen LogP contribution in [0.4, 0.5) is 0 Å². The lowest BCUT2D eigenvalue weighted by Crippen LogP contribution is -2.14. The first-order valence-corrected chi connectivity index (χ1v) is 6.25. The van der Waals surface area contributed by atoms with Gasteiger partial charge in [-0.1, -0.05) is 13.8 Å². The molecule has 1 N–H and O–H groups in total. The van der Waals surface area contributed by atoms with Gasteiger partial charge in [0, 0.05) is 12.0 Å². The van der Waals surface area contributed by atoms with Crippen molar-refractivity contribution >= 4 is 5.97 Å². The van der Waals surface area contributed by atoms with Gasteiger partial charge in [-0.05, 0) is 19.3 Å². The summed E-state index contributed by atoms with van der Waals surface area (Å²) in [6.45, 7) is 5.62. The molecule has 1 aromatic heterocycles. The summed E-state index contributed by atoms with van der Waals surface area (Å²) in [5.41, 5.74) is -0.489. The normalized spacial score (nSPS) is 12.5. The predicted molar refractivity (Wildman–Crippen MR) is 70.2 cm³/mol. The molecule has 0 aromatic carbocycles. The number of hydrogen-bond acceptors (Lipinski definition) is 5. The van der Waals surface area contributed by atoms with Gasteiger partial charge in [0.05, 0.1) is 13.5 Å². The van der Waals surface area contributed by atoms with E-state index in [2.05, 4.69) is 4.74 Å². The van der Waals surface area contributed by atoms with Crippen LogP contribution in [-0.2, 0) is 9.53 Å². The number of hydrogen-bond donors (Lipinski definition) is 1. The molecular formula is C14H20O5. The van der Waals surface area contributed by atoms with E-state index >= 15 is 0 Å². The number of aromatic hydroxyl groups is 1. The third-order valence-electron chi connectivity index (χ3n) is 2.84. The molecule has 1 aromatic rings. The molecule has 0 unspecified atom stereocenters. The first-order chi connectivity index (χ1) is 8.85. The molecule has 0 saturated carbocycles. The molecular weight excluding hydrogens is 248 g/mol. The third kappa shape index (κ3) is 4.12. The minimum absolute atomic E-state index is 0.0780. The summed E-state index contributed by atoms with van der Waals surface area (Å²) in [7, 11) is 1.31. The molecule has 1 atom stereocenters. The molecule has 0 spiro atoms. The van der Waals surface area contributed by atoms with Crippen LogP contribution in [0.25, 0.3) is 0 Å². The van der Waals surface area contributed by atoms with Gasteiger partial charge in [-0.25, -0.2) is 0 Å². The highest BCUT2D eigenvalue weighted by Crippen LogP contribution is 2.32. The molecule has 0 aliphatic heterocycles. The van der Waals surface area contributed by atoms with Crippen molar-refractivity contribution in [3.05, 3.63) is 27.8 Å². The van der Waals surface area contributed by atoms with E-state index in [1.807, 2.05) is 13.8 Å². The van der Waals surface area contributed by atoms with Crippen molar-refractivity contribution in [3.8, 4) is 5.75 Å². The molecule has 19 heavy (non-hydrogen) atoms. The van der Waals surface area contributed by atoms with Gasteiger partial charge >= 0.3 is 5.97 Å². The molecule has 0 fully saturated rings. The second-order valence-electron chi connectivity index (χ2n) is 5.04. The predicted octanol–water partition coefficient (Wildman–Crippen LogP) is 2.35. The minimum atomic E-state index is -0.489. The lowest BCUT2D eigenvalue weighted by Gasteiger charge is -2.18. The van der Waals surface area contributed by atoms with Gasteiger partial charge in [-0.15, -0.1) is 0 Å². The Morgan fingerprint density at radius 1 is 1.47 bits per heavy atom. The average molecular weight is 268 g/mol. The summed E-state index contributed by atoms with van der Waals surface area (Å²) in [6.07, 6.45) is 0.698. The lowest BCUT2D eigenvalue weighted by atomic mass is 9.91. The van der Waals surface area contributed by atoms with Crippen LogP contribution in [0.15, 0.2) is 15.3 Å². The Morgan fingerprint density at radius 2 is 2.11 bits per heavy atom. The van der Waals surface area contributed by atoms with Crippen molar-refractivity contribution in [1.29, 1.82) is 0 Å². The number of rotatable bonds is 5. The second kappa shape index (κ2) is 6.41. The lowest BCUT2D eigenvalue weighted by molar-refractivity contribution is -0.141. The van der Waals surface area contributed by atoms with Crippen LogP contribution in [0, 0.1) is 12.8 Å². The molecule has 0 saturated heterocycles. The molecule has 106 valence electrons. The molecule has 0 aliphatic rings. The Morgan fingerprint density at radius 3 is 2.63 bits per heavy atom. The van der Waals surface area contributed by atoms with E-state index in [-0.39, 0.29) is 18.1 Å². The Labute approximate surface area is 112 Å². The van der Waals surface area contributed by atoms with Crippen molar-refractivity contribution < 1.29 is 19.1 Å². The Balaban J connectivity index is 3.16. The maximum atomic E-state index is 11.6. The first kappa shape index (κ1) is 15.3. The molecule has 5 heteroatoms. The summed E-state index contributed by atoms with van der Waals surface area (Å²) in [5, 5.41) is 9.83. The zero-order chi connectivity index (χ0) is 14.6. The van der Waals surface area contributed by atoms with E-state index in [1.54, 1.807) is 6.92 Å². The van der Waals surface area contributed by atoms with Gasteiger partial charge in [0.25, 0.3) is 0 Å². The highest BCUT2D eigenvalue weighted by atomic mass is 16.5. The van der Waals surface area contributed by atoms with Crippen molar-refractivity contribution in [1.82, 2.24) is 0 Å². The second-order valence-corrected chi connectivity index (χ2v) is 5.04. The monoisotopic (exact) mass is 268 g/mol. The molecule has 0 amide bonds. The summed E-state index contributed by atoms with van der Waals surface area (Å²) in [5.74, 6) is -0.296. The van der Waals surface area contributed by atoms with E-state index in [9.17, 15) is 14.7 Å². The van der Waals surface area contributed by atoms with Crippen LogP contribution in [0.5, 0.6) is 5.75 Å². The van der Waals surface area contributed by atoms with E-state index in [4.69, 9.17) is 4.42 Å². The quantitative estimate of drug-likeness (QED) is 0.829. The average Bonchev–Trinajstić information content (AvgIpc) is 2.32. The molecule has 0 bridgehead atoms. The summed E-state index contributed by atoms with van der Waals surface area (Å²) < 4.78 is 10.1. The fourth-order valence-electron chi connectivity index (χ4n) is 2.04. The van der Waals surface area contributed by atoms with Crippen LogP contribution in [0.3, 0.4) is 0 Å². The fourth-order valence-corrected chi connectivity index (χ4v) is 2.04. The molecule has 1 rings (SSSR count). The van der Waals surface area contributed by atoms with Gasteiger partial charge in [-0.3, -0.25) is 9.59 Å². The SMILES string of the molecule is COC(=O)C[C@H](CC(C)C)c1oc(C)cc(=O)c1O. The smallest absolute Gasteiger partial charge is 0.306 e. The standard InChI is InChI=1S/C14H20O5/c1-8(2)5-10(7-12(16)18-4)14-13(17)11(15)6-9(3)19-14/h6,8,10,17H,5,7H2,1-4H3/t10-/m0/s1. The van der Waals surface area contributed by atoms with Gasteiger partial charge in [-0.2, -0.15) is 0 Å². The largest absolute Gasteiger partial charge is 0.502 e. The molecule has 1 heterocycles. The molecule has 5 nitrogen and oxygen atoms in total. The number of carbonyl (C=O) groups is 1. The van der Waals surface area contributed by atoms with Crippen molar-refractivity contribution in [2.45, 2.75) is 39.5 Å². The van der Waals surface area contributed by atoms with Crippen LogP contribution in [-0.4, -0.2) is 18.2 Å². The van der Waals surface area contributed by atoms with Crippen LogP contribution >= 0.6 is 0 Å². The van der Waals surface area contributed by atoms with Crippen LogP contribution < -0.4 is 5.43 Å². The Kier molecular flexibility index (Phi) is 5.15. The summed E-state index contributed by atoms with van der Waals surface area (Å²) >= 11 is 0. The zero-order valence-electron chi connectivity index (χ0n) is 11.7. The highest BCUT2D eigenvalue weighted by Gasteiger charge is 2.25. The molecule has 0 radical (unpaired) electrons. The first-order valence-electron chi connectivity index (χ1n) is 6.25. The van der Waals surface area contributed by atoms with E-state index in [1.165, 1.54) is 13.2 Å². The van der Waals surface area contributed by atoms with Crippen LogP contribution in [0.1, 0.15) is 44.1 Å². The van der Waals surface area contributed by atoms with Gasteiger partial charge in [0.2, 0.25) is 11.2 Å². The van der Waals surface area contributed by atoms with Crippen molar-refractivity contribution in [2.75, 3.05) is 7.11 Å². The van der Waals surface area contributed by atoms with Crippen LogP contribution in [0.2, 0.25) is 0 Å². The maximum Gasteiger partial charge on any atom is 0.306 e. The van der Waals surface area contributed by atoms with E-state index < -0.39 is 17.1 Å².